The Hall–Kier alpha value is -2.89. The van der Waals surface area contributed by atoms with E-state index in [0.717, 1.165) is 0 Å². The Bertz CT molecular complexity index is 671. The average Bonchev–Trinajstić information content (AvgIpc) is 2.54. The minimum absolute atomic E-state index is 0.0921. The van der Waals surface area contributed by atoms with Crippen molar-refractivity contribution in [3.63, 3.8) is 0 Å². The Morgan fingerprint density at radius 1 is 1.05 bits per heavy atom. The van der Waals surface area contributed by atoms with E-state index in [4.69, 9.17) is 0 Å². The molecule has 0 aliphatic carbocycles. The first-order valence-electron chi connectivity index (χ1n) is 6.70. The number of hydrogen-bond acceptors (Lipinski definition) is 2. The van der Waals surface area contributed by atoms with Crippen LogP contribution < -0.4 is 16.0 Å². The fourth-order valence-corrected chi connectivity index (χ4v) is 1.84. The van der Waals surface area contributed by atoms with Crippen LogP contribution in [0, 0.1) is 5.82 Å². The molecule has 2 aromatic carbocycles. The molecule has 22 heavy (non-hydrogen) atoms. The maximum absolute atomic E-state index is 13.4. The third-order valence-corrected chi connectivity index (χ3v) is 3.03. The second kappa shape index (κ2) is 7.21. The Morgan fingerprint density at radius 2 is 1.73 bits per heavy atom. The molecule has 5 nitrogen and oxygen atoms in total. The second-order valence-corrected chi connectivity index (χ2v) is 4.56. The van der Waals surface area contributed by atoms with Crippen molar-refractivity contribution in [2.45, 2.75) is 6.54 Å². The molecule has 2 rings (SSSR count). The topological polar surface area (TPSA) is 70.2 Å². The van der Waals surface area contributed by atoms with Crippen molar-refractivity contribution in [1.82, 2.24) is 10.6 Å². The zero-order valence-electron chi connectivity index (χ0n) is 12.0. The fraction of sp³-hybridized carbons (Fsp3) is 0.125. The molecule has 6 heteroatoms. The van der Waals surface area contributed by atoms with Crippen LogP contribution in [0.5, 0.6) is 0 Å². The van der Waals surface area contributed by atoms with E-state index in [9.17, 15) is 14.0 Å². The van der Waals surface area contributed by atoms with Gasteiger partial charge < -0.3 is 16.0 Å². The highest BCUT2D eigenvalue weighted by molar-refractivity contribution is 5.95. The van der Waals surface area contributed by atoms with E-state index in [-0.39, 0.29) is 18.3 Å². The number of rotatable bonds is 4. The van der Waals surface area contributed by atoms with Gasteiger partial charge in [0.2, 0.25) is 0 Å². The summed E-state index contributed by atoms with van der Waals surface area (Å²) in [6, 6.07) is 12.2. The first kappa shape index (κ1) is 15.5. The van der Waals surface area contributed by atoms with Gasteiger partial charge in [0.25, 0.3) is 5.91 Å². The van der Waals surface area contributed by atoms with Crippen LogP contribution in [-0.2, 0) is 6.54 Å². The van der Waals surface area contributed by atoms with Crippen LogP contribution in [0.15, 0.2) is 48.5 Å². The number of anilines is 1. The molecular formula is C16H16FN3O2. The maximum Gasteiger partial charge on any atom is 0.319 e. The van der Waals surface area contributed by atoms with Crippen LogP contribution in [0.1, 0.15) is 15.9 Å². The number of carbonyl (C=O) groups excluding carboxylic acids is 2. The van der Waals surface area contributed by atoms with Gasteiger partial charge in [0.1, 0.15) is 5.82 Å². The summed E-state index contributed by atoms with van der Waals surface area (Å²) in [7, 11) is 1.55. The van der Waals surface area contributed by atoms with Crippen LogP contribution in [-0.4, -0.2) is 19.0 Å². The van der Waals surface area contributed by atoms with Crippen molar-refractivity contribution in [2.75, 3.05) is 12.4 Å². The molecule has 3 N–H and O–H groups in total. The van der Waals surface area contributed by atoms with E-state index in [1.165, 1.54) is 6.07 Å². The monoisotopic (exact) mass is 301 g/mol. The summed E-state index contributed by atoms with van der Waals surface area (Å²) in [6.07, 6.45) is 0. The predicted molar refractivity (Wildman–Crippen MR) is 82.1 cm³/mol. The van der Waals surface area contributed by atoms with Crippen LogP contribution in [0.4, 0.5) is 14.9 Å². The summed E-state index contributed by atoms with van der Waals surface area (Å²) >= 11 is 0. The van der Waals surface area contributed by atoms with Gasteiger partial charge in [-0.25, -0.2) is 9.18 Å². The molecule has 0 saturated heterocycles. The molecule has 0 radical (unpaired) electrons. The molecule has 0 aliphatic rings. The molecule has 0 spiro atoms. The van der Waals surface area contributed by atoms with Gasteiger partial charge in [-0.2, -0.15) is 0 Å². The number of nitrogens with one attached hydrogen (secondary N) is 3. The van der Waals surface area contributed by atoms with E-state index in [1.54, 1.807) is 49.5 Å². The molecule has 0 aromatic heterocycles. The Morgan fingerprint density at radius 3 is 2.36 bits per heavy atom. The second-order valence-electron chi connectivity index (χ2n) is 4.56. The molecule has 114 valence electrons. The summed E-state index contributed by atoms with van der Waals surface area (Å²) in [5.41, 5.74) is 1.45. The zero-order chi connectivity index (χ0) is 15.9. The molecular weight excluding hydrogens is 285 g/mol. The Kier molecular flexibility index (Phi) is 5.08. The van der Waals surface area contributed by atoms with Gasteiger partial charge in [-0.3, -0.25) is 4.79 Å². The Balaban J connectivity index is 1.89. The highest BCUT2D eigenvalue weighted by Crippen LogP contribution is 2.10. The van der Waals surface area contributed by atoms with Gasteiger partial charge in [0.15, 0.2) is 0 Å². The number of carbonyl (C=O) groups is 2. The molecule has 0 aliphatic heterocycles. The third-order valence-electron chi connectivity index (χ3n) is 3.03. The molecule has 0 saturated carbocycles. The normalized spacial score (nSPS) is 9.91. The van der Waals surface area contributed by atoms with E-state index in [2.05, 4.69) is 16.0 Å². The number of benzene rings is 2. The van der Waals surface area contributed by atoms with Gasteiger partial charge >= 0.3 is 6.03 Å². The van der Waals surface area contributed by atoms with Crippen molar-refractivity contribution >= 4 is 17.6 Å². The van der Waals surface area contributed by atoms with Gasteiger partial charge in [0, 0.05) is 30.4 Å². The van der Waals surface area contributed by atoms with E-state index < -0.39 is 6.03 Å². The fourth-order valence-electron chi connectivity index (χ4n) is 1.84. The minimum Gasteiger partial charge on any atom is -0.355 e. The van der Waals surface area contributed by atoms with Crippen molar-refractivity contribution < 1.29 is 14.0 Å². The van der Waals surface area contributed by atoms with Crippen LogP contribution in [0.25, 0.3) is 0 Å². The molecule has 0 bridgehead atoms. The standard InChI is InChI=1S/C16H16FN3O2/c1-18-15(21)11-6-8-13(9-7-11)20-16(22)19-10-12-4-2-3-5-14(12)17/h2-9H,10H2,1H3,(H,18,21)(H2,19,20,22). The molecule has 0 atom stereocenters. The van der Waals surface area contributed by atoms with Crippen molar-refractivity contribution in [1.29, 1.82) is 0 Å². The highest BCUT2D eigenvalue weighted by Gasteiger charge is 2.06. The molecule has 0 heterocycles. The first-order chi connectivity index (χ1) is 10.6. The number of hydrogen-bond donors (Lipinski definition) is 3. The van der Waals surface area contributed by atoms with Crippen molar-refractivity contribution in [2.24, 2.45) is 0 Å². The maximum atomic E-state index is 13.4. The molecule has 0 fully saturated rings. The van der Waals surface area contributed by atoms with Crippen LogP contribution in [0.3, 0.4) is 0 Å². The summed E-state index contributed by atoms with van der Waals surface area (Å²) in [5, 5.41) is 7.69. The number of amides is 3. The predicted octanol–water partition coefficient (Wildman–Crippen LogP) is 2.51. The average molecular weight is 301 g/mol. The molecule has 0 unspecified atom stereocenters. The number of urea groups is 1. The smallest absolute Gasteiger partial charge is 0.319 e. The van der Waals surface area contributed by atoms with E-state index in [1.807, 2.05) is 0 Å². The zero-order valence-corrected chi connectivity index (χ0v) is 12.0. The van der Waals surface area contributed by atoms with Crippen LogP contribution in [0.2, 0.25) is 0 Å². The number of halogens is 1. The SMILES string of the molecule is CNC(=O)c1ccc(NC(=O)NCc2ccccc2F)cc1. The van der Waals surface area contributed by atoms with Gasteiger partial charge in [-0.15, -0.1) is 0 Å². The quantitative estimate of drug-likeness (QED) is 0.812. The highest BCUT2D eigenvalue weighted by atomic mass is 19.1. The van der Waals surface area contributed by atoms with E-state index in [0.29, 0.717) is 16.8 Å². The summed E-state index contributed by atoms with van der Waals surface area (Å²) in [5.74, 6) is -0.562. The first-order valence-corrected chi connectivity index (χ1v) is 6.70. The van der Waals surface area contributed by atoms with E-state index >= 15 is 0 Å². The summed E-state index contributed by atoms with van der Waals surface area (Å²) in [6.45, 7) is 0.0921. The molecule has 2 aromatic rings. The minimum atomic E-state index is -0.448. The molecule has 3 amide bonds. The third kappa shape index (κ3) is 4.05. The lowest BCUT2D eigenvalue weighted by Crippen LogP contribution is -2.28. The Labute approximate surface area is 127 Å². The lowest BCUT2D eigenvalue weighted by Gasteiger charge is -2.09. The van der Waals surface area contributed by atoms with Gasteiger partial charge in [0.05, 0.1) is 0 Å². The van der Waals surface area contributed by atoms with Crippen LogP contribution >= 0.6 is 0 Å². The largest absolute Gasteiger partial charge is 0.355 e. The van der Waals surface area contributed by atoms with Gasteiger partial charge in [-0.1, -0.05) is 18.2 Å². The lowest BCUT2D eigenvalue weighted by atomic mass is 10.2. The van der Waals surface area contributed by atoms with Gasteiger partial charge in [-0.05, 0) is 30.3 Å². The summed E-state index contributed by atoms with van der Waals surface area (Å²) < 4.78 is 13.4. The lowest BCUT2D eigenvalue weighted by molar-refractivity contribution is 0.0963. The van der Waals surface area contributed by atoms with Crippen molar-refractivity contribution in [3.05, 3.63) is 65.5 Å². The summed E-state index contributed by atoms with van der Waals surface area (Å²) in [4.78, 5) is 23.1. The van der Waals surface area contributed by atoms with Crippen molar-refractivity contribution in [3.8, 4) is 0 Å².